The Bertz CT molecular complexity index is 654. The van der Waals surface area contributed by atoms with E-state index >= 15 is 0 Å². The van der Waals surface area contributed by atoms with Crippen molar-refractivity contribution in [1.29, 1.82) is 0 Å². The number of amides is 1. The van der Waals surface area contributed by atoms with Gasteiger partial charge in [-0.25, -0.2) is 0 Å². The molecule has 37 heavy (non-hydrogen) atoms. The molecule has 0 aromatic heterocycles. The molecule has 0 bridgehead atoms. The highest BCUT2D eigenvalue weighted by molar-refractivity contribution is 5.90. The zero-order valence-electron chi connectivity index (χ0n) is 24.1. The first kappa shape index (κ1) is 31.7. The molecule has 2 rings (SSSR count). The van der Waals surface area contributed by atoms with Gasteiger partial charge in [-0.3, -0.25) is 4.79 Å². The maximum absolute atomic E-state index is 12.2. The van der Waals surface area contributed by atoms with E-state index in [2.05, 4.69) is 12.2 Å². The van der Waals surface area contributed by atoms with Crippen molar-refractivity contribution in [3.05, 3.63) is 24.3 Å². The van der Waals surface area contributed by atoms with Gasteiger partial charge in [0.1, 0.15) is 12.4 Å². The predicted octanol–water partition coefficient (Wildman–Crippen LogP) is 10.0. The van der Waals surface area contributed by atoms with Crippen molar-refractivity contribution in [1.82, 2.24) is 0 Å². The van der Waals surface area contributed by atoms with Gasteiger partial charge in [-0.05, 0) is 43.5 Å². The van der Waals surface area contributed by atoms with Crippen LogP contribution in [0.2, 0.25) is 0 Å². The van der Waals surface area contributed by atoms with E-state index in [0.717, 1.165) is 43.7 Å². The molecule has 1 atom stereocenters. The smallest absolute Gasteiger partial charge is 0.224 e. The molecule has 1 aliphatic rings. The van der Waals surface area contributed by atoms with E-state index in [1.807, 2.05) is 24.3 Å². The summed E-state index contributed by atoms with van der Waals surface area (Å²) in [7, 11) is 0. The van der Waals surface area contributed by atoms with Crippen molar-refractivity contribution in [3.8, 4) is 5.75 Å². The van der Waals surface area contributed by atoms with E-state index in [9.17, 15) is 4.79 Å². The summed E-state index contributed by atoms with van der Waals surface area (Å²) in [6.07, 6.45) is 29.1. The number of anilines is 1. The summed E-state index contributed by atoms with van der Waals surface area (Å²) in [5, 5.41) is 3.01. The molecular weight excluding hydrogens is 458 g/mol. The molecular formula is C33H57NO3. The summed E-state index contributed by atoms with van der Waals surface area (Å²) in [5.74, 6) is 0.937. The molecule has 212 valence electrons. The van der Waals surface area contributed by atoms with Gasteiger partial charge in [-0.1, -0.05) is 122 Å². The van der Waals surface area contributed by atoms with E-state index in [-0.39, 0.29) is 12.0 Å². The maximum atomic E-state index is 12.2. The number of nitrogens with one attached hydrogen (secondary N) is 1. The normalized spacial score (nSPS) is 15.2. The zero-order valence-corrected chi connectivity index (χ0v) is 24.1. The number of benzene rings is 1. The number of hydrogen-bond donors (Lipinski definition) is 1. The third-order valence-electron chi connectivity index (χ3n) is 7.61. The minimum absolute atomic E-state index is 0.111. The first-order valence-corrected chi connectivity index (χ1v) is 15.9. The van der Waals surface area contributed by atoms with Crippen LogP contribution in [0.4, 0.5) is 5.69 Å². The molecule has 0 aliphatic carbocycles. The van der Waals surface area contributed by atoms with Crippen molar-refractivity contribution in [2.45, 2.75) is 154 Å². The molecule has 1 heterocycles. The monoisotopic (exact) mass is 515 g/mol. The lowest BCUT2D eigenvalue weighted by Gasteiger charge is -2.12. The van der Waals surface area contributed by atoms with Crippen LogP contribution in [0.15, 0.2) is 24.3 Å². The van der Waals surface area contributed by atoms with Gasteiger partial charge in [0.2, 0.25) is 5.91 Å². The molecule has 1 unspecified atom stereocenters. The van der Waals surface area contributed by atoms with Gasteiger partial charge >= 0.3 is 0 Å². The van der Waals surface area contributed by atoms with Gasteiger partial charge in [0.25, 0.3) is 0 Å². The van der Waals surface area contributed by atoms with Gasteiger partial charge in [-0.2, -0.15) is 0 Å². The molecule has 0 radical (unpaired) electrons. The predicted molar refractivity (Wildman–Crippen MR) is 158 cm³/mol. The third-order valence-corrected chi connectivity index (χ3v) is 7.61. The molecule has 4 heteroatoms. The first-order valence-electron chi connectivity index (χ1n) is 15.9. The number of unbranched alkanes of at least 4 members (excludes halogenated alkanes) is 18. The fourth-order valence-corrected chi connectivity index (χ4v) is 5.19. The Morgan fingerprint density at radius 1 is 0.757 bits per heavy atom. The number of carbonyl (C=O) groups is 1. The summed E-state index contributed by atoms with van der Waals surface area (Å²) in [6.45, 7) is 3.74. The van der Waals surface area contributed by atoms with E-state index in [1.54, 1.807) is 0 Å². The lowest BCUT2D eigenvalue weighted by Crippen LogP contribution is -2.16. The van der Waals surface area contributed by atoms with Crippen molar-refractivity contribution in [3.63, 3.8) is 0 Å². The Morgan fingerprint density at radius 3 is 1.70 bits per heavy atom. The average molecular weight is 516 g/mol. The van der Waals surface area contributed by atoms with Crippen molar-refractivity contribution >= 4 is 11.6 Å². The molecule has 4 nitrogen and oxygen atoms in total. The van der Waals surface area contributed by atoms with Gasteiger partial charge in [-0.15, -0.1) is 0 Å². The fraction of sp³-hybridized carbons (Fsp3) is 0.788. The van der Waals surface area contributed by atoms with Crippen LogP contribution in [-0.4, -0.2) is 25.2 Å². The van der Waals surface area contributed by atoms with Gasteiger partial charge < -0.3 is 14.8 Å². The van der Waals surface area contributed by atoms with Crippen LogP contribution in [0.3, 0.4) is 0 Å². The number of hydrogen-bond acceptors (Lipinski definition) is 3. The minimum atomic E-state index is 0.111. The molecule has 1 aromatic carbocycles. The second-order valence-corrected chi connectivity index (χ2v) is 11.1. The van der Waals surface area contributed by atoms with Crippen LogP contribution in [-0.2, 0) is 9.53 Å². The van der Waals surface area contributed by atoms with E-state index in [4.69, 9.17) is 9.47 Å². The van der Waals surface area contributed by atoms with Crippen molar-refractivity contribution in [2.24, 2.45) is 0 Å². The lowest BCUT2D eigenvalue weighted by molar-refractivity contribution is -0.116. The number of ether oxygens (including phenoxy) is 2. The Balaban J connectivity index is 1.30. The molecule has 1 aromatic rings. The molecule has 1 aliphatic heterocycles. The molecule has 1 amide bonds. The molecule has 0 spiro atoms. The summed E-state index contributed by atoms with van der Waals surface area (Å²) < 4.78 is 11.4. The van der Waals surface area contributed by atoms with Crippen LogP contribution in [0.5, 0.6) is 5.75 Å². The standard InChI is InChI=1S/C33H57NO3/c1-2-3-4-5-6-7-8-9-10-11-12-13-14-15-16-17-18-19-20-23-33(35)34-30-24-26-31(27-25-30)37-29-32-22-21-28-36-32/h24-27,32H,2-23,28-29H2,1H3,(H,34,35). The third kappa shape index (κ3) is 17.6. The van der Waals surface area contributed by atoms with Gasteiger partial charge in [0, 0.05) is 18.7 Å². The van der Waals surface area contributed by atoms with E-state index < -0.39 is 0 Å². The maximum Gasteiger partial charge on any atom is 0.224 e. The van der Waals surface area contributed by atoms with E-state index in [1.165, 1.54) is 109 Å². The summed E-state index contributed by atoms with van der Waals surface area (Å²) in [5.41, 5.74) is 0.840. The Kier molecular flexibility index (Phi) is 19.2. The fourth-order valence-electron chi connectivity index (χ4n) is 5.19. The molecule has 0 saturated carbocycles. The van der Waals surface area contributed by atoms with Crippen LogP contribution in [0, 0.1) is 0 Å². The van der Waals surface area contributed by atoms with Gasteiger partial charge in [0.05, 0.1) is 6.10 Å². The van der Waals surface area contributed by atoms with Crippen molar-refractivity contribution in [2.75, 3.05) is 18.5 Å². The second kappa shape index (κ2) is 22.4. The van der Waals surface area contributed by atoms with Gasteiger partial charge in [0.15, 0.2) is 0 Å². The Hall–Kier alpha value is -1.55. The quantitative estimate of drug-likeness (QED) is 0.139. The zero-order chi connectivity index (χ0) is 26.2. The van der Waals surface area contributed by atoms with E-state index in [0.29, 0.717) is 13.0 Å². The Morgan fingerprint density at radius 2 is 1.24 bits per heavy atom. The lowest BCUT2D eigenvalue weighted by atomic mass is 10.0. The number of carbonyl (C=O) groups excluding carboxylic acids is 1. The van der Waals surface area contributed by atoms with Crippen LogP contribution >= 0.6 is 0 Å². The average Bonchev–Trinajstić information content (AvgIpc) is 3.43. The van der Waals surface area contributed by atoms with Crippen LogP contribution in [0.1, 0.15) is 148 Å². The topological polar surface area (TPSA) is 47.6 Å². The highest BCUT2D eigenvalue weighted by Gasteiger charge is 2.15. The first-order chi connectivity index (χ1) is 18.3. The summed E-state index contributed by atoms with van der Waals surface area (Å²) in [6, 6.07) is 7.67. The Labute approximate surface area is 228 Å². The highest BCUT2D eigenvalue weighted by atomic mass is 16.5. The summed E-state index contributed by atoms with van der Waals surface area (Å²) >= 11 is 0. The SMILES string of the molecule is CCCCCCCCCCCCCCCCCCCCCC(=O)Nc1ccc(OCC2CCCO2)cc1. The minimum Gasteiger partial charge on any atom is -0.491 e. The molecule has 1 N–H and O–H groups in total. The summed E-state index contributed by atoms with van der Waals surface area (Å²) in [4.78, 5) is 12.2. The second-order valence-electron chi connectivity index (χ2n) is 11.1. The molecule has 1 fully saturated rings. The van der Waals surface area contributed by atoms with Crippen LogP contribution in [0.25, 0.3) is 0 Å². The molecule has 1 saturated heterocycles. The highest BCUT2D eigenvalue weighted by Crippen LogP contribution is 2.19. The van der Waals surface area contributed by atoms with Crippen molar-refractivity contribution < 1.29 is 14.3 Å². The number of rotatable bonds is 24. The van der Waals surface area contributed by atoms with Crippen LogP contribution < -0.4 is 10.1 Å². The largest absolute Gasteiger partial charge is 0.491 e.